The molecule has 0 aromatic heterocycles. The van der Waals surface area contributed by atoms with Crippen LogP contribution in [0.4, 0.5) is 0 Å². The third-order valence-electron chi connectivity index (χ3n) is 4.82. The number of rotatable bonds is 4. The van der Waals surface area contributed by atoms with Gasteiger partial charge in [0.15, 0.2) is 0 Å². The number of hydrogen-bond donors (Lipinski definition) is 1. The summed E-state index contributed by atoms with van der Waals surface area (Å²) < 4.78 is 0. The van der Waals surface area contributed by atoms with E-state index in [1.165, 1.54) is 34.7 Å². The van der Waals surface area contributed by atoms with Crippen LogP contribution in [0.3, 0.4) is 0 Å². The number of hydrogen-bond acceptors (Lipinski definition) is 2. The van der Waals surface area contributed by atoms with Crippen molar-refractivity contribution in [2.75, 3.05) is 6.54 Å². The van der Waals surface area contributed by atoms with E-state index in [0.717, 1.165) is 19.5 Å². The molecule has 1 aliphatic heterocycles. The van der Waals surface area contributed by atoms with Crippen LogP contribution < -0.4 is 5.73 Å². The van der Waals surface area contributed by atoms with Crippen LogP contribution in [0.1, 0.15) is 36.8 Å². The van der Waals surface area contributed by atoms with Crippen molar-refractivity contribution in [1.29, 1.82) is 0 Å². The molecule has 2 aromatic carbocycles. The van der Waals surface area contributed by atoms with Gasteiger partial charge in [0.05, 0.1) is 0 Å². The molecule has 116 valence electrons. The number of likely N-dealkylation sites (tertiary alicyclic amines) is 1. The maximum Gasteiger partial charge on any atom is 0.218 e. The SMILES string of the molecule is Cc1ccc2ccccc2c1CN1CCCC[C@H]1CC(N)=O. The zero-order valence-corrected chi connectivity index (χ0v) is 13.2. The third kappa shape index (κ3) is 3.14. The molecular weight excluding hydrogens is 272 g/mol. The third-order valence-corrected chi connectivity index (χ3v) is 4.82. The molecule has 3 nitrogen and oxygen atoms in total. The molecule has 3 heteroatoms. The van der Waals surface area contributed by atoms with Gasteiger partial charge in [-0.1, -0.05) is 42.8 Å². The Labute approximate surface area is 132 Å². The summed E-state index contributed by atoms with van der Waals surface area (Å²) in [4.78, 5) is 13.8. The zero-order chi connectivity index (χ0) is 15.5. The van der Waals surface area contributed by atoms with Crippen LogP contribution in [0.15, 0.2) is 36.4 Å². The minimum Gasteiger partial charge on any atom is -0.370 e. The topological polar surface area (TPSA) is 46.3 Å². The molecule has 3 rings (SSSR count). The number of carbonyl (C=O) groups is 1. The summed E-state index contributed by atoms with van der Waals surface area (Å²) >= 11 is 0. The van der Waals surface area contributed by atoms with Crippen LogP contribution in [-0.2, 0) is 11.3 Å². The highest BCUT2D eigenvalue weighted by molar-refractivity contribution is 5.86. The Morgan fingerprint density at radius 3 is 2.86 bits per heavy atom. The van der Waals surface area contributed by atoms with Gasteiger partial charge < -0.3 is 5.73 Å². The van der Waals surface area contributed by atoms with Gasteiger partial charge in [0.1, 0.15) is 0 Å². The van der Waals surface area contributed by atoms with E-state index in [9.17, 15) is 4.79 Å². The number of fused-ring (bicyclic) bond motifs is 1. The van der Waals surface area contributed by atoms with Gasteiger partial charge in [-0.05, 0) is 48.2 Å². The normalized spacial score (nSPS) is 19.4. The average Bonchev–Trinajstić information content (AvgIpc) is 2.51. The standard InChI is InChI=1S/C19H24N2O/c1-14-9-10-15-6-2-3-8-17(15)18(14)13-21-11-5-4-7-16(21)12-19(20)22/h2-3,6,8-10,16H,4-5,7,11-13H2,1H3,(H2,20,22)/t16-/m0/s1. The maximum absolute atomic E-state index is 11.3. The lowest BCUT2D eigenvalue weighted by Crippen LogP contribution is -2.41. The van der Waals surface area contributed by atoms with E-state index < -0.39 is 0 Å². The predicted molar refractivity (Wildman–Crippen MR) is 90.5 cm³/mol. The number of piperidine rings is 1. The summed E-state index contributed by atoms with van der Waals surface area (Å²) in [5, 5.41) is 2.61. The van der Waals surface area contributed by atoms with E-state index in [4.69, 9.17) is 5.73 Å². The predicted octanol–water partition coefficient (Wildman–Crippen LogP) is 3.38. The molecule has 0 bridgehead atoms. The first kappa shape index (κ1) is 15.0. The lowest BCUT2D eigenvalue weighted by molar-refractivity contribution is -0.119. The van der Waals surface area contributed by atoms with Gasteiger partial charge in [-0.25, -0.2) is 0 Å². The molecule has 1 amide bonds. The maximum atomic E-state index is 11.3. The summed E-state index contributed by atoms with van der Waals surface area (Å²) in [6.07, 6.45) is 3.96. The van der Waals surface area contributed by atoms with Crippen molar-refractivity contribution in [3.8, 4) is 0 Å². The number of aryl methyl sites for hydroxylation is 1. The molecule has 0 radical (unpaired) electrons. The number of benzene rings is 2. The quantitative estimate of drug-likeness (QED) is 0.940. The fourth-order valence-corrected chi connectivity index (χ4v) is 3.59. The van der Waals surface area contributed by atoms with Crippen molar-refractivity contribution in [3.63, 3.8) is 0 Å². The Morgan fingerprint density at radius 1 is 1.23 bits per heavy atom. The fraction of sp³-hybridized carbons (Fsp3) is 0.421. The number of carbonyl (C=O) groups excluding carboxylic acids is 1. The van der Waals surface area contributed by atoms with Gasteiger partial charge in [-0.2, -0.15) is 0 Å². The largest absolute Gasteiger partial charge is 0.370 e. The van der Waals surface area contributed by atoms with Gasteiger partial charge in [0.2, 0.25) is 5.91 Å². The van der Waals surface area contributed by atoms with Crippen LogP contribution in [0.25, 0.3) is 10.8 Å². The Morgan fingerprint density at radius 2 is 2.05 bits per heavy atom. The highest BCUT2D eigenvalue weighted by atomic mass is 16.1. The Bertz CT molecular complexity index is 680. The Balaban J connectivity index is 1.91. The minimum absolute atomic E-state index is 0.188. The van der Waals surface area contributed by atoms with E-state index in [0.29, 0.717) is 12.5 Å². The van der Waals surface area contributed by atoms with Crippen molar-refractivity contribution in [3.05, 3.63) is 47.5 Å². The first-order valence-corrected chi connectivity index (χ1v) is 8.15. The molecule has 0 aliphatic carbocycles. The molecule has 0 spiro atoms. The van der Waals surface area contributed by atoms with Crippen molar-refractivity contribution >= 4 is 16.7 Å². The molecule has 0 saturated carbocycles. The summed E-state index contributed by atoms with van der Waals surface area (Å²) in [6.45, 7) is 4.14. The molecule has 1 fully saturated rings. The molecule has 2 N–H and O–H groups in total. The monoisotopic (exact) mass is 296 g/mol. The van der Waals surface area contributed by atoms with E-state index in [1.54, 1.807) is 0 Å². The molecule has 1 aliphatic rings. The summed E-state index contributed by atoms with van der Waals surface area (Å²) in [5.41, 5.74) is 8.14. The number of primary amides is 1. The van der Waals surface area contributed by atoms with Gasteiger partial charge in [0, 0.05) is 19.0 Å². The zero-order valence-electron chi connectivity index (χ0n) is 13.2. The van der Waals surface area contributed by atoms with Gasteiger partial charge in [-0.3, -0.25) is 9.69 Å². The second kappa shape index (κ2) is 6.49. The van der Waals surface area contributed by atoms with Crippen LogP contribution in [0.2, 0.25) is 0 Å². The van der Waals surface area contributed by atoms with Gasteiger partial charge in [0.25, 0.3) is 0 Å². The van der Waals surface area contributed by atoms with Crippen LogP contribution >= 0.6 is 0 Å². The van der Waals surface area contributed by atoms with Crippen LogP contribution in [-0.4, -0.2) is 23.4 Å². The average molecular weight is 296 g/mol. The second-order valence-corrected chi connectivity index (χ2v) is 6.37. The summed E-state index contributed by atoms with van der Waals surface area (Å²) in [5.74, 6) is -0.188. The first-order valence-electron chi connectivity index (χ1n) is 8.15. The van der Waals surface area contributed by atoms with Crippen molar-refractivity contribution < 1.29 is 4.79 Å². The molecular formula is C19H24N2O. The van der Waals surface area contributed by atoms with E-state index >= 15 is 0 Å². The first-order chi connectivity index (χ1) is 10.6. The number of nitrogens with two attached hydrogens (primary N) is 1. The highest BCUT2D eigenvalue weighted by Gasteiger charge is 2.24. The Kier molecular flexibility index (Phi) is 4.44. The van der Waals surface area contributed by atoms with Crippen LogP contribution in [0.5, 0.6) is 0 Å². The molecule has 1 heterocycles. The molecule has 2 aromatic rings. The molecule has 22 heavy (non-hydrogen) atoms. The van der Waals surface area contributed by atoms with Crippen molar-refractivity contribution in [2.24, 2.45) is 5.73 Å². The van der Waals surface area contributed by atoms with Crippen LogP contribution in [0, 0.1) is 6.92 Å². The molecule has 1 saturated heterocycles. The molecule has 0 unspecified atom stereocenters. The van der Waals surface area contributed by atoms with Gasteiger partial charge in [-0.15, -0.1) is 0 Å². The lowest BCUT2D eigenvalue weighted by Gasteiger charge is -2.35. The number of amides is 1. The highest BCUT2D eigenvalue weighted by Crippen LogP contribution is 2.27. The lowest BCUT2D eigenvalue weighted by atomic mass is 9.95. The Hall–Kier alpha value is -1.87. The molecule has 1 atom stereocenters. The second-order valence-electron chi connectivity index (χ2n) is 6.37. The fourth-order valence-electron chi connectivity index (χ4n) is 3.59. The van der Waals surface area contributed by atoms with Crippen molar-refractivity contribution in [2.45, 2.75) is 45.2 Å². The smallest absolute Gasteiger partial charge is 0.218 e. The van der Waals surface area contributed by atoms with E-state index in [2.05, 4.69) is 48.2 Å². The van der Waals surface area contributed by atoms with Gasteiger partial charge >= 0.3 is 0 Å². The number of nitrogens with zero attached hydrogens (tertiary/aromatic N) is 1. The van der Waals surface area contributed by atoms with E-state index in [1.807, 2.05) is 0 Å². The summed E-state index contributed by atoms with van der Waals surface area (Å²) in [6, 6.07) is 13.2. The minimum atomic E-state index is -0.188. The van der Waals surface area contributed by atoms with E-state index in [-0.39, 0.29) is 5.91 Å². The summed E-state index contributed by atoms with van der Waals surface area (Å²) in [7, 11) is 0. The van der Waals surface area contributed by atoms with Crippen molar-refractivity contribution in [1.82, 2.24) is 4.90 Å².